The Kier molecular flexibility index (Phi) is 26.5. The highest BCUT2D eigenvalue weighted by atomic mass is 79.9. The second-order valence-electron chi connectivity index (χ2n) is 11.6. The summed E-state index contributed by atoms with van der Waals surface area (Å²) in [4.78, 5) is 2.82. The molecule has 0 aliphatic heterocycles. The quantitative estimate of drug-likeness (QED) is 0.0756. The minimum absolute atomic E-state index is 0. The maximum absolute atomic E-state index is 3.59. The van der Waals surface area contributed by atoms with Gasteiger partial charge >= 0.3 is 0 Å². The third-order valence-electron chi connectivity index (χ3n) is 8.13. The van der Waals surface area contributed by atoms with E-state index >= 15 is 0 Å². The van der Waals surface area contributed by atoms with Crippen LogP contribution in [0.4, 0.5) is 0 Å². The SMILES string of the molecule is Br.CCCCCCCCCCCC(C)N(Cc1ccc(CBr)cc1)C(C)CCCCCCCCCCC. The molecule has 0 N–H and O–H groups in total. The van der Waals surface area contributed by atoms with Gasteiger partial charge in [-0.15, -0.1) is 17.0 Å². The van der Waals surface area contributed by atoms with Crippen LogP contribution in [0.3, 0.4) is 0 Å². The molecule has 1 nitrogen and oxygen atoms in total. The van der Waals surface area contributed by atoms with Crippen LogP contribution in [0.1, 0.15) is 167 Å². The number of hydrogen-bond donors (Lipinski definition) is 0. The van der Waals surface area contributed by atoms with Gasteiger partial charge in [-0.25, -0.2) is 0 Å². The Hall–Kier alpha value is 0.140. The zero-order valence-corrected chi connectivity index (χ0v) is 28.6. The lowest BCUT2D eigenvalue weighted by atomic mass is 10.00. The highest BCUT2D eigenvalue weighted by Crippen LogP contribution is 2.22. The average Bonchev–Trinajstić information content (AvgIpc) is 2.90. The van der Waals surface area contributed by atoms with Crippen LogP contribution in [0.25, 0.3) is 0 Å². The van der Waals surface area contributed by atoms with Crippen molar-refractivity contribution < 1.29 is 0 Å². The topological polar surface area (TPSA) is 3.24 Å². The number of hydrogen-bond acceptors (Lipinski definition) is 1. The predicted octanol–water partition coefficient (Wildman–Crippen LogP) is 12.6. The molecule has 2 atom stereocenters. The lowest BCUT2D eigenvalue weighted by molar-refractivity contribution is 0.126. The normalized spacial score (nSPS) is 13.0. The van der Waals surface area contributed by atoms with Crippen molar-refractivity contribution >= 4 is 32.9 Å². The van der Waals surface area contributed by atoms with Crippen LogP contribution in [-0.4, -0.2) is 17.0 Å². The summed E-state index contributed by atoms with van der Waals surface area (Å²) in [5, 5.41) is 0.945. The van der Waals surface area contributed by atoms with E-state index in [1.807, 2.05) is 0 Å². The summed E-state index contributed by atoms with van der Waals surface area (Å²) < 4.78 is 0. The molecule has 3 heteroatoms. The van der Waals surface area contributed by atoms with E-state index in [0.717, 1.165) is 11.9 Å². The largest absolute Gasteiger partial charge is 0.294 e. The summed E-state index contributed by atoms with van der Waals surface area (Å²) in [6.07, 6.45) is 28.3. The van der Waals surface area contributed by atoms with Gasteiger partial charge in [0.15, 0.2) is 0 Å². The standard InChI is InChI=1S/C34H62BrN.BrH/c1-5-7-9-11-13-15-17-19-21-23-31(3)36(30-34-27-25-33(29-35)26-28-34)32(4)24-22-20-18-16-14-12-10-8-6-2;/h25-28,31-32H,5-24,29-30H2,1-4H3;1H. The number of benzene rings is 1. The van der Waals surface area contributed by atoms with Crippen LogP contribution < -0.4 is 0 Å². The van der Waals surface area contributed by atoms with E-state index in [-0.39, 0.29) is 17.0 Å². The maximum atomic E-state index is 3.59. The zero-order valence-electron chi connectivity index (χ0n) is 25.3. The van der Waals surface area contributed by atoms with E-state index in [0.29, 0.717) is 12.1 Å². The molecule has 0 aliphatic rings. The first kappa shape index (κ1) is 37.1. The molecule has 0 aliphatic carbocycles. The number of nitrogens with zero attached hydrogens (tertiary/aromatic N) is 1. The molecule has 0 fully saturated rings. The molecule has 0 radical (unpaired) electrons. The maximum Gasteiger partial charge on any atom is 0.0283 e. The highest BCUT2D eigenvalue weighted by molar-refractivity contribution is 9.08. The van der Waals surface area contributed by atoms with Gasteiger partial charge in [0.25, 0.3) is 0 Å². The van der Waals surface area contributed by atoms with Gasteiger partial charge in [0.05, 0.1) is 0 Å². The van der Waals surface area contributed by atoms with Crippen LogP contribution in [0.2, 0.25) is 0 Å². The molecule has 0 spiro atoms. The first-order valence-corrected chi connectivity index (χ1v) is 17.1. The molecule has 0 bridgehead atoms. The molecule has 1 rings (SSSR count). The lowest BCUT2D eigenvalue weighted by Crippen LogP contribution is -2.39. The first-order valence-electron chi connectivity index (χ1n) is 16.0. The van der Waals surface area contributed by atoms with Crippen molar-refractivity contribution in [3.8, 4) is 0 Å². The van der Waals surface area contributed by atoms with Gasteiger partial charge in [-0.2, -0.15) is 0 Å². The Labute approximate surface area is 252 Å². The molecule has 1 aromatic carbocycles. The lowest BCUT2D eigenvalue weighted by Gasteiger charge is -2.35. The Morgan fingerprint density at radius 2 is 0.865 bits per heavy atom. The molecule has 1 aromatic rings. The van der Waals surface area contributed by atoms with Gasteiger partial charge in [-0.3, -0.25) is 4.90 Å². The Morgan fingerprint density at radius 3 is 1.22 bits per heavy atom. The van der Waals surface area contributed by atoms with Crippen LogP contribution >= 0.6 is 32.9 Å². The summed E-state index contributed by atoms with van der Waals surface area (Å²) in [7, 11) is 0. The van der Waals surface area contributed by atoms with Gasteiger partial charge in [0.1, 0.15) is 0 Å². The predicted molar refractivity (Wildman–Crippen MR) is 178 cm³/mol. The van der Waals surface area contributed by atoms with Gasteiger partial charge in [0, 0.05) is 24.0 Å². The van der Waals surface area contributed by atoms with Crippen molar-refractivity contribution in [3.05, 3.63) is 35.4 Å². The number of alkyl halides is 1. The van der Waals surface area contributed by atoms with Crippen molar-refractivity contribution in [2.24, 2.45) is 0 Å². The van der Waals surface area contributed by atoms with Crippen LogP contribution in [0.15, 0.2) is 24.3 Å². The van der Waals surface area contributed by atoms with Gasteiger partial charge in [-0.05, 0) is 37.8 Å². The highest BCUT2D eigenvalue weighted by Gasteiger charge is 2.20. The van der Waals surface area contributed by atoms with Crippen LogP contribution in [0.5, 0.6) is 0 Å². The van der Waals surface area contributed by atoms with Crippen molar-refractivity contribution in [3.63, 3.8) is 0 Å². The molecular formula is C34H63Br2N. The van der Waals surface area contributed by atoms with E-state index in [9.17, 15) is 0 Å². The third-order valence-corrected chi connectivity index (χ3v) is 8.77. The smallest absolute Gasteiger partial charge is 0.0283 e. The minimum atomic E-state index is 0. The molecule has 0 heterocycles. The molecule has 218 valence electrons. The van der Waals surface area contributed by atoms with E-state index < -0.39 is 0 Å². The summed E-state index contributed by atoms with van der Waals surface area (Å²) in [5.41, 5.74) is 2.84. The third kappa shape index (κ3) is 19.8. The monoisotopic (exact) mass is 643 g/mol. The fourth-order valence-electron chi connectivity index (χ4n) is 5.52. The molecule has 0 amide bonds. The van der Waals surface area contributed by atoms with Gasteiger partial charge in [-0.1, -0.05) is 170 Å². The summed E-state index contributed by atoms with van der Waals surface area (Å²) >= 11 is 3.59. The van der Waals surface area contributed by atoms with E-state index in [1.165, 1.54) is 140 Å². The summed E-state index contributed by atoms with van der Waals surface area (Å²) in [5.74, 6) is 0. The number of rotatable bonds is 25. The summed E-state index contributed by atoms with van der Waals surface area (Å²) in [6.45, 7) is 10.7. The summed E-state index contributed by atoms with van der Waals surface area (Å²) in [6, 6.07) is 10.6. The first-order chi connectivity index (χ1) is 17.6. The van der Waals surface area contributed by atoms with Crippen LogP contribution in [-0.2, 0) is 11.9 Å². The average molecular weight is 646 g/mol. The van der Waals surface area contributed by atoms with Crippen molar-refractivity contribution in [1.82, 2.24) is 4.90 Å². The van der Waals surface area contributed by atoms with Crippen molar-refractivity contribution in [2.45, 2.75) is 180 Å². The second-order valence-corrected chi connectivity index (χ2v) is 12.1. The minimum Gasteiger partial charge on any atom is -0.294 e. The molecule has 0 saturated heterocycles. The molecule has 37 heavy (non-hydrogen) atoms. The molecule has 2 unspecified atom stereocenters. The van der Waals surface area contributed by atoms with Crippen molar-refractivity contribution in [2.75, 3.05) is 0 Å². The van der Waals surface area contributed by atoms with E-state index in [1.54, 1.807) is 0 Å². The zero-order chi connectivity index (χ0) is 26.3. The molecule has 0 aromatic heterocycles. The van der Waals surface area contributed by atoms with Gasteiger partial charge in [0.2, 0.25) is 0 Å². The van der Waals surface area contributed by atoms with Gasteiger partial charge < -0.3 is 0 Å². The van der Waals surface area contributed by atoms with E-state index in [4.69, 9.17) is 0 Å². The van der Waals surface area contributed by atoms with E-state index in [2.05, 4.69) is 72.8 Å². The Morgan fingerprint density at radius 1 is 0.541 bits per heavy atom. The molecular weight excluding hydrogens is 582 g/mol. The number of halogens is 2. The fourth-order valence-corrected chi connectivity index (χ4v) is 5.90. The fraction of sp³-hybridized carbons (Fsp3) is 0.824. The van der Waals surface area contributed by atoms with Crippen molar-refractivity contribution in [1.29, 1.82) is 0 Å². The molecule has 0 saturated carbocycles. The Bertz CT molecular complexity index is 560. The number of unbranched alkanes of at least 4 members (excludes halogenated alkanes) is 16. The van der Waals surface area contributed by atoms with Crippen LogP contribution in [0, 0.1) is 0 Å². The Balaban J connectivity index is 0.0000130. The second kappa shape index (κ2) is 26.4.